The maximum Gasteiger partial charge on any atom is 0.235 e. The van der Waals surface area contributed by atoms with E-state index in [4.69, 9.17) is 26.3 Å². The zero-order chi connectivity index (χ0) is 12.5. The second-order valence-electron chi connectivity index (χ2n) is 3.52. The van der Waals surface area contributed by atoms with Crippen molar-refractivity contribution in [1.29, 1.82) is 0 Å². The molecule has 2 atom stereocenters. The first-order chi connectivity index (χ1) is 8.78. The van der Waals surface area contributed by atoms with Crippen LogP contribution in [-0.4, -0.2) is 48.9 Å². The van der Waals surface area contributed by atoms with Gasteiger partial charge in [0.15, 0.2) is 5.15 Å². The average molecular weight is 289 g/mol. The van der Waals surface area contributed by atoms with E-state index in [2.05, 4.69) is 15.0 Å². The number of hydrogen-bond acceptors (Lipinski definition) is 7. The summed E-state index contributed by atoms with van der Waals surface area (Å²) in [6.07, 6.45) is 2.36. The Morgan fingerprint density at radius 2 is 2.44 bits per heavy atom. The Morgan fingerprint density at radius 3 is 3.22 bits per heavy atom. The van der Waals surface area contributed by atoms with Gasteiger partial charge in [-0.25, -0.2) is 15.0 Å². The van der Waals surface area contributed by atoms with Crippen molar-refractivity contribution in [1.82, 2.24) is 19.7 Å². The molecule has 1 saturated heterocycles. The van der Waals surface area contributed by atoms with Crippen LogP contribution in [0.4, 0.5) is 0 Å². The minimum absolute atomic E-state index is 0.0385. The number of imidazole rings is 1. The van der Waals surface area contributed by atoms with Crippen LogP contribution >= 0.6 is 23.4 Å². The van der Waals surface area contributed by atoms with E-state index in [1.807, 2.05) is 0 Å². The third-order valence-corrected chi connectivity index (χ3v) is 3.73. The third-order valence-electron chi connectivity index (χ3n) is 2.36. The predicted molar refractivity (Wildman–Crippen MR) is 65.1 cm³/mol. The molecule has 1 aliphatic heterocycles. The van der Waals surface area contributed by atoms with E-state index in [-0.39, 0.29) is 17.2 Å². The molecule has 0 aliphatic carbocycles. The van der Waals surface area contributed by atoms with E-state index in [0.29, 0.717) is 16.9 Å². The molecule has 0 bridgehead atoms. The van der Waals surface area contributed by atoms with Crippen LogP contribution in [0.3, 0.4) is 0 Å². The molecule has 2 aromatic heterocycles. The summed E-state index contributed by atoms with van der Waals surface area (Å²) in [7, 11) is 0. The quantitative estimate of drug-likeness (QED) is 0.814. The van der Waals surface area contributed by atoms with Crippen molar-refractivity contribution in [3.63, 3.8) is 0 Å². The first-order valence-electron chi connectivity index (χ1n) is 5.16. The summed E-state index contributed by atoms with van der Waals surface area (Å²) in [5.41, 5.74) is 0.711. The Hall–Kier alpha value is -1.09. The molecule has 3 heterocycles. The summed E-state index contributed by atoms with van der Waals surface area (Å²) in [5, 5.41) is 9.23. The number of ether oxygens (including phenoxy) is 1. The molecule has 0 saturated carbocycles. The molecular formula is C9H9ClN4O3S. The fourth-order valence-electron chi connectivity index (χ4n) is 1.57. The molecule has 1 unspecified atom stereocenters. The van der Waals surface area contributed by atoms with Crippen LogP contribution in [-0.2, 0) is 4.74 Å². The van der Waals surface area contributed by atoms with Crippen LogP contribution in [0, 0.1) is 0 Å². The number of aliphatic hydroxyl groups is 1. The van der Waals surface area contributed by atoms with Gasteiger partial charge in [-0.15, -0.1) is 16.5 Å². The maximum absolute atomic E-state index is 8.96. The Kier molecular flexibility index (Phi) is 3.25. The van der Waals surface area contributed by atoms with E-state index < -0.39 is 6.29 Å². The van der Waals surface area contributed by atoms with Crippen molar-refractivity contribution in [3.8, 4) is 0 Å². The van der Waals surface area contributed by atoms with E-state index in [9.17, 15) is 0 Å². The smallest absolute Gasteiger partial charge is 0.235 e. The number of hydrogen-bond donors (Lipinski definition) is 1. The Labute approximate surface area is 111 Å². The molecule has 1 aliphatic rings. The first kappa shape index (κ1) is 12.0. The topological polar surface area (TPSA) is 82.3 Å². The minimum Gasteiger partial charge on any atom is -0.393 e. The maximum atomic E-state index is 8.96. The Balaban J connectivity index is 1.81. The Bertz CT molecular complexity index is 566. The van der Waals surface area contributed by atoms with Crippen molar-refractivity contribution in [2.45, 2.75) is 11.7 Å². The predicted octanol–water partition coefficient (Wildman–Crippen LogP) is 0.316. The molecule has 0 spiro atoms. The molecule has 1 fully saturated rings. The summed E-state index contributed by atoms with van der Waals surface area (Å²) in [6, 6.07) is 0. The van der Waals surface area contributed by atoms with Gasteiger partial charge < -0.3 is 14.7 Å². The molecule has 96 valence electrons. The first-order valence-corrected chi connectivity index (χ1v) is 6.59. The van der Waals surface area contributed by atoms with Gasteiger partial charge in [0.2, 0.25) is 11.9 Å². The molecule has 2 aromatic rings. The molecule has 7 nitrogen and oxygen atoms in total. The largest absolute Gasteiger partial charge is 0.393 e. The van der Waals surface area contributed by atoms with Gasteiger partial charge in [0.25, 0.3) is 0 Å². The number of halogens is 1. The summed E-state index contributed by atoms with van der Waals surface area (Å²) < 4.78 is 6.83. The monoisotopic (exact) mass is 288 g/mol. The number of aliphatic hydroxyl groups excluding tert-OH is 1. The average Bonchev–Trinajstić information content (AvgIpc) is 2.98. The van der Waals surface area contributed by atoms with Crippen LogP contribution < -0.4 is 4.84 Å². The SMILES string of the molecule is OCC1O[C@H](On2cnc3c(Cl)ncnc32)CS1. The number of fused-ring (bicyclic) bond motifs is 1. The summed E-state index contributed by atoms with van der Waals surface area (Å²) >= 11 is 7.37. The van der Waals surface area contributed by atoms with Crippen LogP contribution in [0.25, 0.3) is 11.2 Å². The second kappa shape index (κ2) is 4.88. The highest BCUT2D eigenvalue weighted by Gasteiger charge is 2.27. The molecule has 0 radical (unpaired) electrons. The van der Waals surface area contributed by atoms with Gasteiger partial charge in [0.1, 0.15) is 23.6 Å². The van der Waals surface area contributed by atoms with Gasteiger partial charge in [0, 0.05) is 0 Å². The third kappa shape index (κ3) is 2.12. The highest BCUT2D eigenvalue weighted by molar-refractivity contribution is 8.00. The number of aromatic nitrogens is 4. The summed E-state index contributed by atoms with van der Waals surface area (Å²) in [5.74, 6) is 0.629. The molecule has 1 N–H and O–H groups in total. The van der Waals surface area contributed by atoms with E-state index in [1.165, 1.54) is 29.1 Å². The van der Waals surface area contributed by atoms with Gasteiger partial charge in [-0.1, -0.05) is 11.6 Å². The van der Waals surface area contributed by atoms with Crippen molar-refractivity contribution in [2.75, 3.05) is 12.4 Å². The second-order valence-corrected chi connectivity index (χ2v) is 5.07. The summed E-state index contributed by atoms with van der Waals surface area (Å²) in [6.45, 7) is -0.0385. The normalized spacial score (nSPS) is 23.7. The van der Waals surface area contributed by atoms with E-state index >= 15 is 0 Å². The number of rotatable bonds is 3. The van der Waals surface area contributed by atoms with Crippen LogP contribution in [0.1, 0.15) is 0 Å². The molecule has 18 heavy (non-hydrogen) atoms. The van der Waals surface area contributed by atoms with Crippen molar-refractivity contribution in [2.24, 2.45) is 0 Å². The van der Waals surface area contributed by atoms with Crippen molar-refractivity contribution >= 4 is 34.5 Å². The van der Waals surface area contributed by atoms with E-state index in [0.717, 1.165) is 0 Å². The number of thioether (sulfide) groups is 1. The molecule has 3 rings (SSSR count). The Morgan fingerprint density at radius 1 is 1.56 bits per heavy atom. The lowest BCUT2D eigenvalue weighted by Gasteiger charge is -2.13. The molecular weight excluding hydrogens is 280 g/mol. The lowest BCUT2D eigenvalue weighted by atomic mass is 10.6. The highest BCUT2D eigenvalue weighted by Crippen LogP contribution is 2.24. The van der Waals surface area contributed by atoms with Crippen molar-refractivity contribution < 1.29 is 14.7 Å². The van der Waals surface area contributed by atoms with Gasteiger partial charge in [0.05, 0.1) is 12.4 Å². The fraction of sp³-hybridized carbons (Fsp3) is 0.444. The van der Waals surface area contributed by atoms with E-state index in [1.54, 1.807) is 0 Å². The molecule has 0 amide bonds. The number of nitrogens with zero attached hydrogens (tertiary/aromatic N) is 4. The lowest BCUT2D eigenvalue weighted by molar-refractivity contribution is -0.132. The van der Waals surface area contributed by atoms with Crippen LogP contribution in [0.2, 0.25) is 5.15 Å². The molecule has 9 heteroatoms. The minimum atomic E-state index is -0.446. The van der Waals surface area contributed by atoms with Crippen LogP contribution in [0.15, 0.2) is 12.7 Å². The van der Waals surface area contributed by atoms with Crippen molar-refractivity contribution in [3.05, 3.63) is 17.8 Å². The zero-order valence-electron chi connectivity index (χ0n) is 9.06. The highest BCUT2D eigenvalue weighted by atomic mass is 35.5. The van der Waals surface area contributed by atoms with Gasteiger partial charge in [-0.3, -0.25) is 0 Å². The standard InChI is InChI=1S/C9H9ClN4O3S/c10-8-7-9(12-3-11-8)14(4-13-7)17-5-2-18-6(1-15)16-5/h3-6,15H,1-2H2/t5-,6?/m1/s1. The summed E-state index contributed by atoms with van der Waals surface area (Å²) in [4.78, 5) is 17.5. The van der Waals surface area contributed by atoms with Gasteiger partial charge in [-0.2, -0.15) is 0 Å². The van der Waals surface area contributed by atoms with Crippen LogP contribution in [0.5, 0.6) is 0 Å². The fourth-order valence-corrected chi connectivity index (χ4v) is 2.57. The van der Waals surface area contributed by atoms with Gasteiger partial charge >= 0.3 is 0 Å². The lowest BCUT2D eigenvalue weighted by Crippen LogP contribution is -2.27. The zero-order valence-corrected chi connectivity index (χ0v) is 10.6. The molecule has 0 aromatic carbocycles. The van der Waals surface area contributed by atoms with Gasteiger partial charge in [-0.05, 0) is 0 Å².